The van der Waals surface area contributed by atoms with Crippen molar-refractivity contribution >= 4 is 63.2 Å². The maximum atomic E-state index is 13.0. The molecule has 25 heavy (non-hydrogen) atoms. The number of carbonyl (C=O) groups is 2. The van der Waals surface area contributed by atoms with Crippen molar-refractivity contribution in [3.05, 3.63) is 60.5 Å². The van der Waals surface area contributed by atoms with E-state index in [1.54, 1.807) is 12.1 Å². The molecule has 0 aliphatic rings. The van der Waals surface area contributed by atoms with Crippen LogP contribution in [-0.2, 0) is 4.79 Å². The number of halogens is 3. The Kier molecular flexibility index (Phi) is 7.11. The predicted octanol–water partition coefficient (Wildman–Crippen LogP) is 2.62. The van der Waals surface area contributed by atoms with Gasteiger partial charge in [0, 0.05) is 5.56 Å². The van der Waals surface area contributed by atoms with E-state index < -0.39 is 17.6 Å². The summed E-state index contributed by atoms with van der Waals surface area (Å²) in [5.41, 5.74) is 3.11. The number of carbonyl (C=O) groups excluding carboxylic acids is 2. The number of rotatable bonds is 5. The standard InChI is InChI=1S/C16H12FI2N3O3/c17-11-3-1-2-10(6-11)16(25)20-8-14(23)22-21-7-9-4-12(18)15(24)13(19)5-9/h1-7,24H,8H2,(H,20,25)(H,22,23)/b21-7+. The lowest BCUT2D eigenvalue weighted by Crippen LogP contribution is -2.34. The highest BCUT2D eigenvalue weighted by Gasteiger charge is 2.08. The van der Waals surface area contributed by atoms with Crippen LogP contribution in [0.4, 0.5) is 4.39 Å². The SMILES string of the molecule is O=C(CNC(=O)c1cccc(F)c1)N/N=C/c1cc(I)c(O)c(I)c1. The van der Waals surface area contributed by atoms with Crippen LogP contribution in [0.5, 0.6) is 5.75 Å². The Morgan fingerprint density at radius 1 is 1.20 bits per heavy atom. The molecule has 0 spiro atoms. The Labute approximate surface area is 170 Å². The molecule has 2 rings (SSSR count). The van der Waals surface area contributed by atoms with Crippen molar-refractivity contribution in [1.29, 1.82) is 0 Å². The molecule has 3 N–H and O–H groups in total. The van der Waals surface area contributed by atoms with Crippen molar-refractivity contribution in [2.45, 2.75) is 0 Å². The molecule has 0 fully saturated rings. The van der Waals surface area contributed by atoms with Crippen LogP contribution in [0.3, 0.4) is 0 Å². The maximum Gasteiger partial charge on any atom is 0.259 e. The third kappa shape index (κ3) is 5.92. The molecular weight excluding hydrogens is 555 g/mol. The van der Waals surface area contributed by atoms with Crippen molar-refractivity contribution < 1.29 is 19.1 Å². The van der Waals surface area contributed by atoms with Crippen LogP contribution < -0.4 is 10.7 Å². The molecule has 130 valence electrons. The molecule has 6 nitrogen and oxygen atoms in total. The monoisotopic (exact) mass is 567 g/mol. The number of hydrogen-bond donors (Lipinski definition) is 3. The molecule has 0 aliphatic heterocycles. The second kappa shape index (κ2) is 9.08. The Bertz CT molecular complexity index is 820. The van der Waals surface area contributed by atoms with E-state index in [1.165, 1.54) is 24.4 Å². The van der Waals surface area contributed by atoms with Gasteiger partial charge in [-0.3, -0.25) is 9.59 Å². The fourth-order valence-corrected chi connectivity index (χ4v) is 3.59. The summed E-state index contributed by atoms with van der Waals surface area (Å²) in [5, 5.41) is 15.9. The van der Waals surface area contributed by atoms with E-state index in [1.807, 2.05) is 45.2 Å². The maximum absolute atomic E-state index is 13.0. The molecular formula is C16H12FI2N3O3. The van der Waals surface area contributed by atoms with Crippen LogP contribution in [0.1, 0.15) is 15.9 Å². The minimum Gasteiger partial charge on any atom is -0.506 e. The van der Waals surface area contributed by atoms with E-state index in [2.05, 4.69) is 15.8 Å². The zero-order valence-electron chi connectivity index (χ0n) is 12.6. The van der Waals surface area contributed by atoms with Gasteiger partial charge in [-0.1, -0.05) is 6.07 Å². The van der Waals surface area contributed by atoms with Crippen molar-refractivity contribution in [2.24, 2.45) is 5.10 Å². The molecule has 0 unspecified atom stereocenters. The normalized spacial score (nSPS) is 10.7. The van der Waals surface area contributed by atoms with Crippen LogP contribution in [0.25, 0.3) is 0 Å². The second-order valence-corrected chi connectivity index (χ2v) is 7.14. The van der Waals surface area contributed by atoms with Gasteiger partial charge in [-0.2, -0.15) is 5.10 Å². The molecule has 0 bridgehead atoms. The number of nitrogens with one attached hydrogen (secondary N) is 2. The third-order valence-electron chi connectivity index (χ3n) is 2.94. The lowest BCUT2D eigenvalue weighted by Gasteiger charge is -2.04. The third-order valence-corrected chi connectivity index (χ3v) is 4.58. The minimum absolute atomic E-state index is 0.129. The van der Waals surface area contributed by atoms with Gasteiger partial charge in [0.1, 0.15) is 11.6 Å². The predicted molar refractivity (Wildman–Crippen MR) is 108 cm³/mol. The van der Waals surface area contributed by atoms with Gasteiger partial charge in [-0.05, 0) is 81.1 Å². The first-order valence-electron chi connectivity index (χ1n) is 6.90. The smallest absolute Gasteiger partial charge is 0.259 e. The van der Waals surface area contributed by atoms with Gasteiger partial charge in [0.15, 0.2) is 0 Å². The van der Waals surface area contributed by atoms with Gasteiger partial charge >= 0.3 is 0 Å². The molecule has 0 aromatic heterocycles. The van der Waals surface area contributed by atoms with Crippen LogP contribution in [0.2, 0.25) is 0 Å². The van der Waals surface area contributed by atoms with E-state index in [0.717, 1.165) is 6.07 Å². The molecule has 0 radical (unpaired) electrons. The van der Waals surface area contributed by atoms with Crippen molar-refractivity contribution in [2.75, 3.05) is 6.54 Å². The molecule has 0 heterocycles. The fraction of sp³-hybridized carbons (Fsp3) is 0.0625. The zero-order valence-corrected chi connectivity index (χ0v) is 16.9. The molecule has 2 amide bonds. The molecule has 0 saturated carbocycles. The Balaban J connectivity index is 1.85. The molecule has 0 aliphatic carbocycles. The van der Waals surface area contributed by atoms with Gasteiger partial charge in [0.25, 0.3) is 11.8 Å². The van der Waals surface area contributed by atoms with E-state index in [9.17, 15) is 19.1 Å². The summed E-state index contributed by atoms with van der Waals surface area (Å²) in [6, 6.07) is 8.58. The number of amides is 2. The van der Waals surface area contributed by atoms with E-state index in [4.69, 9.17) is 0 Å². The summed E-state index contributed by atoms with van der Waals surface area (Å²) in [7, 11) is 0. The van der Waals surface area contributed by atoms with Gasteiger partial charge < -0.3 is 10.4 Å². The van der Waals surface area contributed by atoms with E-state index in [-0.39, 0.29) is 17.9 Å². The minimum atomic E-state index is -0.554. The van der Waals surface area contributed by atoms with Crippen LogP contribution in [0.15, 0.2) is 41.5 Å². The van der Waals surface area contributed by atoms with E-state index >= 15 is 0 Å². The molecule has 0 saturated heterocycles. The van der Waals surface area contributed by atoms with Crippen LogP contribution in [0, 0.1) is 13.0 Å². The number of phenols is 1. The van der Waals surface area contributed by atoms with Crippen molar-refractivity contribution in [3.63, 3.8) is 0 Å². The zero-order chi connectivity index (χ0) is 18.4. The van der Waals surface area contributed by atoms with Crippen molar-refractivity contribution in [3.8, 4) is 5.75 Å². The van der Waals surface area contributed by atoms with Gasteiger partial charge in [-0.25, -0.2) is 9.82 Å². The van der Waals surface area contributed by atoms with Gasteiger partial charge in [0.2, 0.25) is 0 Å². The average molecular weight is 567 g/mol. The lowest BCUT2D eigenvalue weighted by molar-refractivity contribution is -0.120. The number of phenolic OH excluding ortho intramolecular Hbond substituents is 1. The number of hydrazone groups is 1. The van der Waals surface area contributed by atoms with Gasteiger partial charge in [-0.15, -0.1) is 0 Å². The highest BCUT2D eigenvalue weighted by atomic mass is 127. The first-order chi connectivity index (χ1) is 11.9. The first kappa shape index (κ1) is 19.6. The first-order valence-corrected chi connectivity index (χ1v) is 9.06. The summed E-state index contributed by atoms with van der Waals surface area (Å²) in [5.74, 6) is -1.41. The fourth-order valence-electron chi connectivity index (χ4n) is 1.77. The van der Waals surface area contributed by atoms with Gasteiger partial charge in [0.05, 0.1) is 19.9 Å². The molecule has 9 heteroatoms. The molecule has 0 atom stereocenters. The quantitative estimate of drug-likeness (QED) is 0.295. The summed E-state index contributed by atoms with van der Waals surface area (Å²) in [6.07, 6.45) is 1.43. The highest BCUT2D eigenvalue weighted by molar-refractivity contribution is 14.1. The summed E-state index contributed by atoms with van der Waals surface area (Å²) >= 11 is 3.98. The summed E-state index contributed by atoms with van der Waals surface area (Å²) in [4.78, 5) is 23.4. The van der Waals surface area contributed by atoms with Crippen LogP contribution >= 0.6 is 45.2 Å². The largest absolute Gasteiger partial charge is 0.506 e. The molecule has 2 aromatic carbocycles. The lowest BCUT2D eigenvalue weighted by atomic mass is 10.2. The Morgan fingerprint density at radius 3 is 2.52 bits per heavy atom. The second-order valence-electron chi connectivity index (χ2n) is 4.82. The number of aromatic hydroxyl groups is 1. The number of hydrogen-bond acceptors (Lipinski definition) is 4. The highest BCUT2D eigenvalue weighted by Crippen LogP contribution is 2.26. The number of nitrogens with zero attached hydrogens (tertiary/aromatic N) is 1. The topological polar surface area (TPSA) is 90.8 Å². The average Bonchev–Trinajstić information content (AvgIpc) is 2.57. The Hall–Kier alpha value is -1.76. The molecule has 2 aromatic rings. The summed E-state index contributed by atoms with van der Waals surface area (Å²) < 4.78 is 14.4. The summed E-state index contributed by atoms with van der Waals surface area (Å²) in [6.45, 7) is -0.294. The van der Waals surface area contributed by atoms with Crippen molar-refractivity contribution in [1.82, 2.24) is 10.7 Å². The Morgan fingerprint density at radius 2 is 1.88 bits per heavy atom. The van der Waals surface area contributed by atoms with Crippen LogP contribution in [-0.4, -0.2) is 29.7 Å². The van der Waals surface area contributed by atoms with E-state index in [0.29, 0.717) is 12.7 Å². The number of benzene rings is 2.